The summed E-state index contributed by atoms with van der Waals surface area (Å²) in [4.78, 5) is 3.72. The van der Waals surface area contributed by atoms with Crippen molar-refractivity contribution in [3.63, 3.8) is 0 Å². The van der Waals surface area contributed by atoms with Gasteiger partial charge < -0.3 is 0 Å². The molecule has 4 nitrogen and oxygen atoms in total. The van der Waals surface area contributed by atoms with E-state index in [1.807, 2.05) is 0 Å². The third-order valence-corrected chi connectivity index (χ3v) is 5.47. The molecule has 3 rings (SSSR count). The molecule has 0 aliphatic rings. The van der Waals surface area contributed by atoms with Gasteiger partial charge in [0.15, 0.2) is 0 Å². The number of nitrogens with zero attached hydrogens (tertiary/aromatic N) is 1. The van der Waals surface area contributed by atoms with E-state index in [0.29, 0.717) is 10.2 Å². The van der Waals surface area contributed by atoms with Gasteiger partial charge in [0.05, 0.1) is 21.4 Å². The Balaban J connectivity index is 1.98. The largest absolute Gasteiger partial charge is 0.279 e. The molecule has 1 N–H and O–H groups in total. The fourth-order valence-corrected chi connectivity index (χ4v) is 3.98. The average molecular weight is 387 g/mol. The molecule has 0 amide bonds. The lowest BCUT2D eigenvalue weighted by Gasteiger charge is -2.09. The Hall–Kier alpha value is -1.51. The van der Waals surface area contributed by atoms with Gasteiger partial charge in [-0.15, -0.1) is 11.3 Å². The monoisotopic (exact) mass is 386 g/mol. The van der Waals surface area contributed by atoms with Crippen LogP contribution in [0.3, 0.4) is 0 Å². The molecule has 0 atom stereocenters. The minimum Gasteiger partial charge on any atom is -0.279 e. The molecule has 3 aromatic rings. The second-order valence-electron chi connectivity index (χ2n) is 4.22. The van der Waals surface area contributed by atoms with Crippen LogP contribution in [0, 0.1) is 5.82 Å². The van der Waals surface area contributed by atoms with Crippen molar-refractivity contribution in [3.05, 3.63) is 52.2 Å². The Morgan fingerprint density at radius 3 is 2.76 bits per heavy atom. The highest BCUT2D eigenvalue weighted by atomic mass is 79.9. The molecule has 2 aromatic carbocycles. The van der Waals surface area contributed by atoms with Gasteiger partial charge in [-0.25, -0.2) is 17.8 Å². The first-order valence-electron chi connectivity index (χ1n) is 5.77. The van der Waals surface area contributed by atoms with Crippen LogP contribution in [0.2, 0.25) is 0 Å². The number of benzene rings is 2. The fourth-order valence-electron chi connectivity index (χ4n) is 1.82. The van der Waals surface area contributed by atoms with Gasteiger partial charge in [-0.05, 0) is 36.4 Å². The SMILES string of the molecule is O=S(=O)(Nc1ccc2ncsc2c1)c1ccc(Br)cc1F. The number of fused-ring (bicyclic) bond motifs is 1. The van der Waals surface area contributed by atoms with Crippen LogP contribution in [0.25, 0.3) is 10.2 Å². The van der Waals surface area contributed by atoms with Gasteiger partial charge in [0.25, 0.3) is 10.0 Å². The molecule has 108 valence electrons. The lowest BCUT2D eigenvalue weighted by molar-refractivity contribution is 0.570. The van der Waals surface area contributed by atoms with E-state index in [1.165, 1.54) is 23.5 Å². The number of aromatic nitrogens is 1. The van der Waals surface area contributed by atoms with Crippen LogP contribution >= 0.6 is 27.3 Å². The first-order chi connectivity index (χ1) is 9.95. The van der Waals surface area contributed by atoms with Gasteiger partial charge in [0, 0.05) is 4.47 Å². The Morgan fingerprint density at radius 2 is 2.00 bits per heavy atom. The third-order valence-electron chi connectivity index (χ3n) is 2.77. The van der Waals surface area contributed by atoms with Crippen molar-refractivity contribution >= 4 is 53.2 Å². The molecule has 0 bridgehead atoms. The summed E-state index contributed by atoms with van der Waals surface area (Å²) in [7, 11) is -3.97. The summed E-state index contributed by atoms with van der Waals surface area (Å²) in [6.07, 6.45) is 0. The molecular weight excluding hydrogens is 379 g/mol. The van der Waals surface area contributed by atoms with E-state index in [1.54, 1.807) is 23.7 Å². The van der Waals surface area contributed by atoms with Crippen LogP contribution in [0.4, 0.5) is 10.1 Å². The van der Waals surface area contributed by atoms with Gasteiger partial charge in [-0.1, -0.05) is 15.9 Å². The van der Waals surface area contributed by atoms with E-state index in [9.17, 15) is 12.8 Å². The standard InChI is InChI=1S/C13H8BrFN2O2S2/c14-8-1-4-13(10(15)5-8)21(18,19)17-9-2-3-11-12(6-9)20-7-16-11/h1-7,17H. The lowest BCUT2D eigenvalue weighted by atomic mass is 10.3. The topological polar surface area (TPSA) is 59.1 Å². The Morgan fingerprint density at radius 1 is 1.19 bits per heavy atom. The van der Waals surface area contributed by atoms with Gasteiger partial charge in [-0.3, -0.25) is 4.72 Å². The van der Waals surface area contributed by atoms with Crippen molar-refractivity contribution in [1.82, 2.24) is 4.98 Å². The van der Waals surface area contributed by atoms with E-state index >= 15 is 0 Å². The summed E-state index contributed by atoms with van der Waals surface area (Å²) in [6.45, 7) is 0. The zero-order valence-electron chi connectivity index (χ0n) is 10.4. The van der Waals surface area contributed by atoms with E-state index in [2.05, 4.69) is 25.6 Å². The molecule has 0 aliphatic heterocycles. The van der Waals surface area contributed by atoms with Crippen LogP contribution < -0.4 is 4.72 Å². The molecule has 0 saturated carbocycles. The first kappa shape index (κ1) is 14.4. The number of rotatable bonds is 3. The molecule has 0 radical (unpaired) electrons. The predicted molar refractivity (Wildman–Crippen MR) is 84.5 cm³/mol. The molecule has 21 heavy (non-hydrogen) atoms. The zero-order valence-corrected chi connectivity index (χ0v) is 13.6. The van der Waals surface area contributed by atoms with Gasteiger partial charge in [0.2, 0.25) is 0 Å². The third kappa shape index (κ3) is 2.92. The molecule has 8 heteroatoms. The quantitative estimate of drug-likeness (QED) is 0.739. The van der Waals surface area contributed by atoms with Crippen molar-refractivity contribution in [3.8, 4) is 0 Å². The highest BCUT2D eigenvalue weighted by Gasteiger charge is 2.19. The summed E-state index contributed by atoms with van der Waals surface area (Å²) in [6, 6.07) is 8.78. The van der Waals surface area contributed by atoms with E-state index in [-0.39, 0.29) is 0 Å². The second kappa shape index (κ2) is 5.36. The molecular formula is C13H8BrFN2O2S2. The summed E-state index contributed by atoms with van der Waals surface area (Å²) >= 11 is 4.49. The van der Waals surface area contributed by atoms with Crippen molar-refractivity contribution in [1.29, 1.82) is 0 Å². The zero-order chi connectivity index (χ0) is 15.0. The number of nitrogens with one attached hydrogen (secondary N) is 1. The van der Waals surface area contributed by atoms with E-state index in [4.69, 9.17) is 0 Å². The van der Waals surface area contributed by atoms with Gasteiger partial charge in [-0.2, -0.15) is 0 Å². The Kier molecular flexibility index (Phi) is 3.68. The first-order valence-corrected chi connectivity index (χ1v) is 8.92. The molecule has 0 aliphatic carbocycles. The van der Waals surface area contributed by atoms with E-state index in [0.717, 1.165) is 16.3 Å². The molecule has 0 unspecified atom stereocenters. The van der Waals surface area contributed by atoms with Crippen molar-refractivity contribution < 1.29 is 12.8 Å². The number of hydrogen-bond acceptors (Lipinski definition) is 4. The molecule has 1 aromatic heterocycles. The van der Waals surface area contributed by atoms with Gasteiger partial charge >= 0.3 is 0 Å². The molecule has 0 fully saturated rings. The molecule has 0 spiro atoms. The van der Waals surface area contributed by atoms with Crippen LogP contribution in [0.15, 0.2) is 51.3 Å². The summed E-state index contributed by atoms with van der Waals surface area (Å²) < 4.78 is 42.0. The highest BCUT2D eigenvalue weighted by Crippen LogP contribution is 2.25. The number of sulfonamides is 1. The van der Waals surface area contributed by atoms with Gasteiger partial charge in [0.1, 0.15) is 10.7 Å². The minimum atomic E-state index is -3.97. The molecule has 0 saturated heterocycles. The van der Waals surface area contributed by atoms with Crippen LogP contribution in [0.1, 0.15) is 0 Å². The van der Waals surface area contributed by atoms with E-state index < -0.39 is 20.7 Å². The maximum absolute atomic E-state index is 13.8. The number of anilines is 1. The Labute approximate surface area is 132 Å². The smallest absolute Gasteiger partial charge is 0.264 e. The fraction of sp³-hybridized carbons (Fsp3) is 0. The number of hydrogen-bond donors (Lipinski definition) is 1. The summed E-state index contributed by atoms with van der Waals surface area (Å²) in [5.74, 6) is -0.809. The second-order valence-corrected chi connectivity index (χ2v) is 7.67. The maximum atomic E-state index is 13.8. The maximum Gasteiger partial charge on any atom is 0.264 e. The van der Waals surface area contributed by atoms with Crippen LogP contribution in [-0.4, -0.2) is 13.4 Å². The summed E-state index contributed by atoms with van der Waals surface area (Å²) in [5, 5.41) is 0. The van der Waals surface area contributed by atoms with Crippen molar-refractivity contribution in [2.75, 3.05) is 4.72 Å². The lowest BCUT2D eigenvalue weighted by Crippen LogP contribution is -2.14. The number of halogens is 2. The van der Waals surface area contributed by atoms with Crippen molar-refractivity contribution in [2.24, 2.45) is 0 Å². The van der Waals surface area contributed by atoms with Crippen LogP contribution in [0.5, 0.6) is 0 Å². The highest BCUT2D eigenvalue weighted by molar-refractivity contribution is 9.10. The van der Waals surface area contributed by atoms with Crippen molar-refractivity contribution in [2.45, 2.75) is 4.90 Å². The normalized spacial score (nSPS) is 11.7. The Bertz CT molecular complexity index is 925. The minimum absolute atomic E-state index is 0.370. The average Bonchev–Trinajstić information content (AvgIpc) is 2.85. The van der Waals surface area contributed by atoms with Crippen LogP contribution in [-0.2, 0) is 10.0 Å². The molecule has 1 heterocycles. The summed E-state index contributed by atoms with van der Waals surface area (Å²) in [5.41, 5.74) is 2.84. The predicted octanol–water partition coefficient (Wildman–Crippen LogP) is 4.00. The number of thiazole rings is 1.